The molecule has 13 heavy (non-hydrogen) atoms. The van der Waals surface area contributed by atoms with Crippen molar-refractivity contribution >= 4 is 5.91 Å². The van der Waals surface area contributed by atoms with Gasteiger partial charge in [-0.25, -0.2) is 0 Å². The van der Waals surface area contributed by atoms with Gasteiger partial charge in [-0.05, 0) is 26.9 Å². The van der Waals surface area contributed by atoms with Crippen molar-refractivity contribution in [1.82, 2.24) is 10.2 Å². The maximum Gasteiger partial charge on any atom is 0.223 e. The molecule has 1 aliphatic rings. The summed E-state index contributed by atoms with van der Waals surface area (Å²) in [5.74, 6) is 0.348. The fraction of sp³-hybridized carbons (Fsp3) is 0.889. The zero-order valence-corrected chi connectivity index (χ0v) is 8.42. The van der Waals surface area contributed by atoms with Crippen LogP contribution in [0.2, 0.25) is 0 Å². The molecule has 4 heteroatoms. The minimum atomic E-state index is 0.170. The maximum atomic E-state index is 11.4. The van der Waals surface area contributed by atoms with Crippen molar-refractivity contribution in [3.05, 3.63) is 0 Å². The molecule has 0 heterocycles. The van der Waals surface area contributed by atoms with Crippen LogP contribution in [-0.2, 0) is 4.79 Å². The van der Waals surface area contributed by atoms with Gasteiger partial charge in [0.05, 0.1) is 0 Å². The molecule has 3 N–H and O–H groups in total. The van der Waals surface area contributed by atoms with Crippen molar-refractivity contribution in [3.8, 4) is 0 Å². The van der Waals surface area contributed by atoms with E-state index in [1.165, 1.54) is 0 Å². The van der Waals surface area contributed by atoms with Gasteiger partial charge in [0.25, 0.3) is 0 Å². The molecular weight excluding hydrogens is 166 g/mol. The van der Waals surface area contributed by atoms with E-state index in [4.69, 9.17) is 5.73 Å². The van der Waals surface area contributed by atoms with E-state index in [9.17, 15) is 4.79 Å². The molecule has 76 valence electrons. The van der Waals surface area contributed by atoms with Gasteiger partial charge in [0, 0.05) is 25.0 Å². The van der Waals surface area contributed by atoms with E-state index >= 15 is 0 Å². The van der Waals surface area contributed by atoms with Crippen LogP contribution in [-0.4, -0.2) is 44.0 Å². The molecule has 0 saturated heterocycles. The van der Waals surface area contributed by atoms with Gasteiger partial charge in [-0.1, -0.05) is 0 Å². The lowest BCUT2D eigenvalue weighted by atomic mass is 9.80. The van der Waals surface area contributed by atoms with Crippen molar-refractivity contribution in [2.24, 2.45) is 11.7 Å². The number of hydrogen-bond acceptors (Lipinski definition) is 3. The summed E-state index contributed by atoms with van der Waals surface area (Å²) in [5, 5.41) is 2.90. The summed E-state index contributed by atoms with van der Waals surface area (Å²) >= 11 is 0. The Balaban J connectivity index is 2.05. The largest absolute Gasteiger partial charge is 0.355 e. The third kappa shape index (κ3) is 3.32. The van der Waals surface area contributed by atoms with Crippen molar-refractivity contribution in [3.63, 3.8) is 0 Å². The van der Waals surface area contributed by atoms with Gasteiger partial charge in [-0.3, -0.25) is 4.79 Å². The van der Waals surface area contributed by atoms with Gasteiger partial charge in [-0.15, -0.1) is 0 Å². The predicted octanol–water partition coefficient (Wildman–Crippen LogP) is -0.598. The SMILES string of the molecule is CN(C)CCNC(=O)[C@H]1C[C@H](N)C1. The second-order valence-corrected chi connectivity index (χ2v) is 4.02. The number of nitrogens with two attached hydrogens (primary N) is 1. The molecule has 0 bridgehead atoms. The second-order valence-electron chi connectivity index (χ2n) is 4.02. The van der Waals surface area contributed by atoms with Crippen molar-refractivity contribution in [2.75, 3.05) is 27.2 Å². The monoisotopic (exact) mass is 185 g/mol. The van der Waals surface area contributed by atoms with Crippen LogP contribution >= 0.6 is 0 Å². The van der Waals surface area contributed by atoms with E-state index in [1.807, 2.05) is 19.0 Å². The van der Waals surface area contributed by atoms with E-state index < -0.39 is 0 Å². The molecule has 0 aliphatic heterocycles. The number of nitrogens with one attached hydrogen (secondary N) is 1. The minimum Gasteiger partial charge on any atom is -0.355 e. The summed E-state index contributed by atoms with van der Waals surface area (Å²) in [7, 11) is 3.98. The lowest BCUT2D eigenvalue weighted by molar-refractivity contribution is -0.127. The lowest BCUT2D eigenvalue weighted by Gasteiger charge is -2.31. The highest BCUT2D eigenvalue weighted by Gasteiger charge is 2.31. The Morgan fingerprint density at radius 3 is 2.62 bits per heavy atom. The molecule has 0 aromatic rings. The van der Waals surface area contributed by atoms with Crippen LogP contribution in [0.5, 0.6) is 0 Å². The molecule has 0 aromatic heterocycles. The van der Waals surface area contributed by atoms with Crippen molar-refractivity contribution in [1.29, 1.82) is 0 Å². The van der Waals surface area contributed by atoms with Crippen LogP contribution in [0.1, 0.15) is 12.8 Å². The highest BCUT2D eigenvalue weighted by Crippen LogP contribution is 2.25. The van der Waals surface area contributed by atoms with Gasteiger partial charge in [0.15, 0.2) is 0 Å². The van der Waals surface area contributed by atoms with Gasteiger partial charge >= 0.3 is 0 Å². The Morgan fingerprint density at radius 1 is 1.54 bits per heavy atom. The summed E-state index contributed by atoms with van der Waals surface area (Å²) in [4.78, 5) is 13.4. The fourth-order valence-corrected chi connectivity index (χ4v) is 1.42. The molecular formula is C9H19N3O. The first-order chi connectivity index (χ1) is 6.09. The molecule has 0 unspecified atom stereocenters. The van der Waals surface area contributed by atoms with Crippen LogP contribution < -0.4 is 11.1 Å². The average Bonchev–Trinajstić information content (AvgIpc) is 1.97. The topological polar surface area (TPSA) is 58.4 Å². The molecule has 1 rings (SSSR count). The third-order valence-corrected chi connectivity index (χ3v) is 2.40. The normalized spacial score (nSPS) is 27.1. The van der Waals surface area contributed by atoms with Crippen LogP contribution in [0.15, 0.2) is 0 Å². The summed E-state index contributed by atoms with van der Waals surface area (Å²) in [6.45, 7) is 1.63. The molecule has 4 nitrogen and oxygen atoms in total. The number of carbonyl (C=O) groups excluding carboxylic acids is 1. The molecule has 1 aliphatic carbocycles. The van der Waals surface area contributed by atoms with Crippen molar-refractivity contribution in [2.45, 2.75) is 18.9 Å². The van der Waals surface area contributed by atoms with Crippen LogP contribution in [0.3, 0.4) is 0 Å². The molecule has 1 saturated carbocycles. The molecule has 0 spiro atoms. The van der Waals surface area contributed by atoms with E-state index in [2.05, 4.69) is 5.32 Å². The zero-order valence-electron chi connectivity index (χ0n) is 8.42. The first-order valence-corrected chi connectivity index (χ1v) is 4.77. The molecule has 0 radical (unpaired) electrons. The minimum absolute atomic E-state index is 0.170. The van der Waals surface area contributed by atoms with Crippen molar-refractivity contribution < 1.29 is 4.79 Å². The first-order valence-electron chi connectivity index (χ1n) is 4.77. The fourth-order valence-electron chi connectivity index (χ4n) is 1.42. The smallest absolute Gasteiger partial charge is 0.223 e. The maximum absolute atomic E-state index is 11.4. The number of rotatable bonds is 4. The highest BCUT2D eigenvalue weighted by atomic mass is 16.1. The first kappa shape index (κ1) is 10.5. The molecule has 1 fully saturated rings. The van der Waals surface area contributed by atoms with E-state index in [0.717, 1.165) is 25.9 Å². The number of nitrogens with zero attached hydrogens (tertiary/aromatic N) is 1. The summed E-state index contributed by atoms with van der Waals surface area (Å²) in [5.41, 5.74) is 5.60. The Kier molecular flexibility index (Phi) is 3.69. The Labute approximate surface area is 79.5 Å². The third-order valence-electron chi connectivity index (χ3n) is 2.40. The Hall–Kier alpha value is -0.610. The van der Waals surface area contributed by atoms with Crippen LogP contribution in [0, 0.1) is 5.92 Å². The number of hydrogen-bond donors (Lipinski definition) is 2. The summed E-state index contributed by atoms with van der Waals surface area (Å²) in [6, 6.07) is 0.254. The van der Waals surface area contributed by atoms with Crippen LogP contribution in [0.4, 0.5) is 0 Å². The number of amides is 1. The standard InChI is InChI=1S/C9H19N3O/c1-12(2)4-3-11-9(13)7-5-8(10)6-7/h7-8H,3-6,10H2,1-2H3,(H,11,13)/t7-,8-. The highest BCUT2D eigenvalue weighted by molar-refractivity contribution is 5.79. The summed E-state index contributed by atoms with van der Waals surface area (Å²) < 4.78 is 0. The lowest BCUT2D eigenvalue weighted by Crippen LogP contribution is -2.46. The van der Waals surface area contributed by atoms with Gasteiger partial charge in [-0.2, -0.15) is 0 Å². The van der Waals surface area contributed by atoms with Gasteiger partial charge in [0.1, 0.15) is 0 Å². The quantitative estimate of drug-likeness (QED) is 0.615. The average molecular weight is 185 g/mol. The second kappa shape index (κ2) is 4.58. The van der Waals surface area contributed by atoms with E-state index in [0.29, 0.717) is 0 Å². The Morgan fingerprint density at radius 2 is 2.15 bits per heavy atom. The predicted molar refractivity (Wildman–Crippen MR) is 52.3 cm³/mol. The number of likely N-dealkylation sites (N-methyl/N-ethyl adjacent to an activating group) is 1. The summed E-state index contributed by atoms with van der Waals surface area (Å²) in [6.07, 6.45) is 1.71. The van der Waals surface area contributed by atoms with Gasteiger partial charge < -0.3 is 16.0 Å². The molecule has 0 aromatic carbocycles. The number of carbonyl (C=O) groups is 1. The molecule has 0 atom stereocenters. The van der Waals surface area contributed by atoms with E-state index in [-0.39, 0.29) is 17.9 Å². The Bertz CT molecular complexity index is 176. The zero-order chi connectivity index (χ0) is 9.84. The van der Waals surface area contributed by atoms with Crippen LogP contribution in [0.25, 0.3) is 0 Å². The van der Waals surface area contributed by atoms with E-state index in [1.54, 1.807) is 0 Å². The van der Waals surface area contributed by atoms with Gasteiger partial charge in [0.2, 0.25) is 5.91 Å². The molecule has 1 amide bonds.